The van der Waals surface area contributed by atoms with Gasteiger partial charge in [-0.3, -0.25) is 4.79 Å². The van der Waals surface area contributed by atoms with Gasteiger partial charge in [0, 0.05) is 23.7 Å². The normalized spacial score (nSPS) is 12.0. The summed E-state index contributed by atoms with van der Waals surface area (Å²) in [5.74, 6) is -3.07. The maximum absolute atomic E-state index is 13.9. The van der Waals surface area contributed by atoms with Crippen LogP contribution in [0.2, 0.25) is 0 Å². The smallest absolute Gasteiger partial charge is 0.461 e. The Labute approximate surface area is 166 Å². The number of hydrogen-bond donors (Lipinski definition) is 2. The summed E-state index contributed by atoms with van der Waals surface area (Å²) < 4.78 is 70.0. The minimum absolute atomic E-state index is 0.109. The van der Waals surface area contributed by atoms with Crippen LogP contribution in [-0.4, -0.2) is 33.3 Å². The van der Waals surface area contributed by atoms with Crippen molar-refractivity contribution in [3.8, 4) is 11.5 Å². The highest BCUT2D eigenvalue weighted by atomic mass is 19.3. The zero-order valence-electron chi connectivity index (χ0n) is 15.5. The summed E-state index contributed by atoms with van der Waals surface area (Å²) in [7, 11) is 0. The van der Waals surface area contributed by atoms with Crippen molar-refractivity contribution < 1.29 is 41.7 Å². The number of carbonyl (C=O) groups is 1. The second kappa shape index (κ2) is 7.85. The number of phenols is 1. The fourth-order valence-electron chi connectivity index (χ4n) is 3.18. The van der Waals surface area contributed by atoms with E-state index < -0.39 is 35.8 Å². The zero-order valence-corrected chi connectivity index (χ0v) is 15.5. The zero-order chi connectivity index (χ0) is 22.2. The Balaban J connectivity index is 1.96. The Hall–Kier alpha value is -3.30. The fourth-order valence-corrected chi connectivity index (χ4v) is 3.18. The lowest BCUT2D eigenvalue weighted by molar-refractivity contribution is -0.253. The molecule has 1 aromatic heterocycles. The monoisotopic (exact) mass is 429 g/mol. The first-order valence-corrected chi connectivity index (χ1v) is 8.65. The lowest BCUT2D eigenvalue weighted by Crippen LogP contribution is -2.33. The summed E-state index contributed by atoms with van der Waals surface area (Å²) in [5, 5.41) is 19.2. The highest BCUT2D eigenvalue weighted by molar-refractivity contribution is 5.90. The van der Waals surface area contributed by atoms with Gasteiger partial charge in [-0.25, -0.2) is 4.39 Å². The Morgan fingerprint density at radius 2 is 1.83 bits per heavy atom. The van der Waals surface area contributed by atoms with E-state index in [1.165, 1.54) is 12.1 Å². The van der Waals surface area contributed by atoms with Crippen molar-refractivity contribution in [1.82, 2.24) is 4.57 Å². The van der Waals surface area contributed by atoms with Crippen LogP contribution in [0.4, 0.5) is 22.0 Å². The number of carboxylic acid groups (broad SMARTS) is 1. The van der Waals surface area contributed by atoms with Crippen LogP contribution in [-0.2, 0) is 17.8 Å². The van der Waals surface area contributed by atoms with Gasteiger partial charge in [-0.2, -0.15) is 17.6 Å². The number of fused-ring (bicyclic) bond motifs is 1. The maximum Gasteiger partial charge on any atom is 0.461 e. The molecule has 160 valence electrons. The van der Waals surface area contributed by atoms with Crippen molar-refractivity contribution in [1.29, 1.82) is 0 Å². The molecule has 0 aliphatic rings. The summed E-state index contributed by atoms with van der Waals surface area (Å²) >= 11 is 0. The molecule has 0 bridgehead atoms. The lowest BCUT2D eigenvalue weighted by Gasteiger charge is -2.17. The molecule has 0 radical (unpaired) electrons. The van der Waals surface area contributed by atoms with Crippen LogP contribution in [0.3, 0.4) is 0 Å². The molecule has 0 amide bonds. The number of halogens is 5. The molecular formula is C20H16F5NO4. The van der Waals surface area contributed by atoms with Gasteiger partial charge in [0.05, 0.1) is 11.9 Å². The van der Waals surface area contributed by atoms with Crippen LogP contribution < -0.4 is 4.74 Å². The largest absolute Gasteiger partial charge is 0.505 e. The van der Waals surface area contributed by atoms with Crippen molar-refractivity contribution in [3.05, 3.63) is 59.0 Å². The number of benzene rings is 2. The highest BCUT2D eigenvalue weighted by Crippen LogP contribution is 2.33. The lowest BCUT2D eigenvalue weighted by atomic mass is 10.1. The predicted octanol–water partition coefficient (Wildman–Crippen LogP) is 4.71. The first kappa shape index (κ1) is 21.4. The van der Waals surface area contributed by atoms with Gasteiger partial charge in [0.1, 0.15) is 5.75 Å². The van der Waals surface area contributed by atoms with E-state index in [2.05, 4.69) is 4.74 Å². The molecule has 0 atom stereocenters. The van der Waals surface area contributed by atoms with Gasteiger partial charge in [-0.05, 0) is 36.2 Å². The molecule has 0 fully saturated rings. The number of alkyl halides is 4. The number of carboxylic acids is 1. The molecule has 1 heterocycles. The first-order valence-electron chi connectivity index (χ1n) is 8.65. The molecular weight excluding hydrogens is 413 g/mol. The summed E-state index contributed by atoms with van der Waals surface area (Å²) in [6, 6.07) is 7.15. The number of aromatic nitrogens is 1. The minimum Gasteiger partial charge on any atom is -0.505 e. The summed E-state index contributed by atoms with van der Waals surface area (Å²) in [6.07, 6.45) is -8.96. The third-order valence-corrected chi connectivity index (χ3v) is 4.62. The Kier molecular flexibility index (Phi) is 5.60. The second-order valence-corrected chi connectivity index (χ2v) is 6.65. The van der Waals surface area contributed by atoms with E-state index in [9.17, 15) is 31.9 Å². The molecule has 5 nitrogen and oxygen atoms in total. The van der Waals surface area contributed by atoms with Gasteiger partial charge in [0.25, 0.3) is 0 Å². The highest BCUT2D eigenvalue weighted by Gasteiger charge is 2.43. The van der Waals surface area contributed by atoms with E-state index in [1.807, 2.05) is 0 Å². The molecule has 0 aliphatic carbocycles. The molecule has 0 aliphatic heterocycles. The average molecular weight is 429 g/mol. The quantitative estimate of drug-likeness (QED) is 0.534. The SMILES string of the molecule is Cc1c(CC(=O)O)c2cc(O)c(F)cc2n1Cc1ccc(OC(F)(F)C(F)F)cc1. The van der Waals surface area contributed by atoms with Crippen molar-refractivity contribution in [2.75, 3.05) is 0 Å². The van der Waals surface area contributed by atoms with Crippen LogP contribution in [0.5, 0.6) is 11.5 Å². The molecule has 30 heavy (non-hydrogen) atoms. The Morgan fingerprint density at radius 1 is 1.20 bits per heavy atom. The van der Waals surface area contributed by atoms with Crippen molar-refractivity contribution in [2.24, 2.45) is 0 Å². The summed E-state index contributed by atoms with van der Waals surface area (Å²) in [5.41, 5.74) is 1.79. The van der Waals surface area contributed by atoms with Gasteiger partial charge in [-0.15, -0.1) is 0 Å². The molecule has 0 unspecified atom stereocenters. The fraction of sp³-hybridized carbons (Fsp3) is 0.250. The van der Waals surface area contributed by atoms with E-state index in [4.69, 9.17) is 5.11 Å². The van der Waals surface area contributed by atoms with Crippen LogP contribution in [0, 0.1) is 12.7 Å². The number of aliphatic carboxylic acids is 1. The van der Waals surface area contributed by atoms with E-state index in [0.29, 0.717) is 27.7 Å². The van der Waals surface area contributed by atoms with Gasteiger partial charge in [0.2, 0.25) is 0 Å². The van der Waals surface area contributed by atoms with Gasteiger partial charge >= 0.3 is 18.5 Å². The first-order chi connectivity index (χ1) is 14.0. The molecule has 2 N–H and O–H groups in total. The third kappa shape index (κ3) is 4.17. The number of aromatic hydroxyl groups is 1. The van der Waals surface area contributed by atoms with E-state index in [-0.39, 0.29) is 13.0 Å². The van der Waals surface area contributed by atoms with E-state index in [0.717, 1.165) is 24.3 Å². The molecule has 0 saturated heterocycles. The number of ether oxygens (including phenoxy) is 1. The number of rotatable bonds is 7. The molecule has 10 heteroatoms. The van der Waals surface area contributed by atoms with Crippen LogP contribution >= 0.6 is 0 Å². The number of nitrogens with zero attached hydrogens (tertiary/aromatic N) is 1. The second-order valence-electron chi connectivity index (χ2n) is 6.65. The standard InChI is InChI=1S/C20H16F5NO4/c1-10-13(7-18(28)29)14-6-17(27)15(21)8-16(14)26(10)9-11-2-4-12(5-3-11)30-20(24,25)19(22)23/h2-6,8,19,27H,7,9H2,1H3,(H,28,29). The predicted molar refractivity (Wildman–Crippen MR) is 96.8 cm³/mol. The van der Waals surface area contributed by atoms with Gasteiger partial charge < -0.3 is 19.5 Å². The van der Waals surface area contributed by atoms with Gasteiger partial charge in [-0.1, -0.05) is 12.1 Å². The van der Waals surface area contributed by atoms with Crippen LogP contribution in [0.25, 0.3) is 10.9 Å². The van der Waals surface area contributed by atoms with Crippen LogP contribution in [0.1, 0.15) is 16.8 Å². The molecule has 3 rings (SSSR count). The van der Waals surface area contributed by atoms with E-state index >= 15 is 0 Å². The molecule has 0 saturated carbocycles. The Bertz CT molecular complexity index is 1090. The molecule has 0 spiro atoms. The summed E-state index contributed by atoms with van der Waals surface area (Å²) in [6.45, 7) is 1.74. The Morgan fingerprint density at radius 3 is 2.40 bits per heavy atom. The van der Waals surface area contributed by atoms with Crippen LogP contribution in [0.15, 0.2) is 36.4 Å². The number of hydrogen-bond acceptors (Lipinski definition) is 3. The third-order valence-electron chi connectivity index (χ3n) is 4.62. The topological polar surface area (TPSA) is 71.7 Å². The van der Waals surface area contributed by atoms with Crippen molar-refractivity contribution in [2.45, 2.75) is 32.4 Å². The minimum atomic E-state index is -4.63. The average Bonchev–Trinajstić information content (AvgIpc) is 2.88. The molecule has 2 aromatic carbocycles. The maximum atomic E-state index is 13.9. The van der Waals surface area contributed by atoms with E-state index in [1.54, 1.807) is 11.5 Å². The van der Waals surface area contributed by atoms with Crippen molar-refractivity contribution in [3.63, 3.8) is 0 Å². The number of phenolic OH excluding ortho intramolecular Hbond substituents is 1. The molecule has 3 aromatic rings. The van der Waals surface area contributed by atoms with Gasteiger partial charge in [0.15, 0.2) is 11.6 Å². The van der Waals surface area contributed by atoms with Crippen molar-refractivity contribution >= 4 is 16.9 Å². The summed E-state index contributed by atoms with van der Waals surface area (Å²) in [4.78, 5) is 11.2.